The molecule has 0 amide bonds. The maximum atomic E-state index is 6.54. The number of furan rings is 2. The monoisotopic (exact) mass is 627 g/mol. The van der Waals surface area contributed by atoms with E-state index in [2.05, 4.69) is 157 Å². The third kappa shape index (κ3) is 4.37. The molecule has 2 aromatic heterocycles. The predicted octanol–water partition coefficient (Wildman–Crippen LogP) is 13.4. The molecule has 0 atom stereocenters. The van der Waals surface area contributed by atoms with E-state index in [1.807, 2.05) is 24.3 Å². The zero-order valence-electron chi connectivity index (χ0n) is 26.5. The van der Waals surface area contributed by atoms with Gasteiger partial charge in [0, 0.05) is 49.8 Å². The molecule has 10 rings (SSSR count). The van der Waals surface area contributed by atoms with Gasteiger partial charge in [0.15, 0.2) is 0 Å². The van der Waals surface area contributed by atoms with Gasteiger partial charge in [-0.2, -0.15) is 0 Å². The molecule has 0 bridgehead atoms. The number of hydrogen-bond donors (Lipinski definition) is 0. The summed E-state index contributed by atoms with van der Waals surface area (Å²) in [6, 6.07) is 61.9. The van der Waals surface area contributed by atoms with Crippen LogP contribution in [-0.2, 0) is 0 Å². The molecule has 0 fully saturated rings. The maximum absolute atomic E-state index is 6.54. The molecule has 0 aliphatic carbocycles. The molecule has 3 nitrogen and oxygen atoms in total. The zero-order valence-corrected chi connectivity index (χ0v) is 26.5. The Hall–Kier alpha value is -6.58. The van der Waals surface area contributed by atoms with E-state index in [0.717, 1.165) is 94.0 Å². The van der Waals surface area contributed by atoms with E-state index in [9.17, 15) is 0 Å². The smallest absolute Gasteiger partial charge is 0.143 e. The lowest BCUT2D eigenvalue weighted by Gasteiger charge is -2.29. The van der Waals surface area contributed by atoms with Gasteiger partial charge < -0.3 is 13.7 Å². The first-order valence-corrected chi connectivity index (χ1v) is 16.6. The van der Waals surface area contributed by atoms with Crippen molar-refractivity contribution >= 4 is 71.7 Å². The van der Waals surface area contributed by atoms with Crippen LogP contribution in [0.4, 0.5) is 17.1 Å². The molecule has 0 N–H and O–H groups in total. The first kappa shape index (κ1) is 27.5. The molecule has 0 saturated carbocycles. The molecule has 8 aromatic carbocycles. The number of hydrogen-bond acceptors (Lipinski definition) is 3. The minimum Gasteiger partial charge on any atom is -0.456 e. The van der Waals surface area contributed by atoms with Crippen molar-refractivity contribution in [2.75, 3.05) is 4.90 Å². The fourth-order valence-corrected chi connectivity index (χ4v) is 7.46. The Morgan fingerprint density at radius 1 is 0.347 bits per heavy atom. The van der Waals surface area contributed by atoms with E-state index < -0.39 is 0 Å². The summed E-state index contributed by atoms with van der Waals surface area (Å²) in [7, 11) is 0. The van der Waals surface area contributed by atoms with E-state index in [-0.39, 0.29) is 0 Å². The SMILES string of the molecule is c1ccc(-c2ccccc2N(c2ccc(-c3cccc4c3oc3ccccc34)cc2)c2cc3oc4ccccc4c3c3ccccc23)cc1. The highest BCUT2D eigenvalue weighted by atomic mass is 16.3. The molecule has 0 saturated heterocycles. The summed E-state index contributed by atoms with van der Waals surface area (Å²) in [5.74, 6) is 0. The van der Waals surface area contributed by atoms with Crippen molar-refractivity contribution in [1.82, 2.24) is 0 Å². The van der Waals surface area contributed by atoms with E-state index in [4.69, 9.17) is 8.83 Å². The van der Waals surface area contributed by atoms with Crippen LogP contribution in [0.1, 0.15) is 0 Å². The van der Waals surface area contributed by atoms with Gasteiger partial charge >= 0.3 is 0 Å². The summed E-state index contributed by atoms with van der Waals surface area (Å²) in [5, 5.41) is 6.84. The van der Waals surface area contributed by atoms with Crippen molar-refractivity contribution < 1.29 is 8.83 Å². The quantitative estimate of drug-likeness (QED) is 0.190. The average Bonchev–Trinajstić information content (AvgIpc) is 3.74. The molecule has 0 unspecified atom stereocenters. The second-order valence-corrected chi connectivity index (χ2v) is 12.5. The molecule has 0 radical (unpaired) electrons. The van der Waals surface area contributed by atoms with Crippen molar-refractivity contribution in [2.45, 2.75) is 0 Å². The minimum atomic E-state index is 0.866. The van der Waals surface area contributed by atoms with Crippen LogP contribution in [0.5, 0.6) is 0 Å². The highest BCUT2D eigenvalue weighted by Crippen LogP contribution is 2.47. The van der Waals surface area contributed by atoms with Gasteiger partial charge in [0.05, 0.1) is 11.4 Å². The highest BCUT2D eigenvalue weighted by molar-refractivity contribution is 6.22. The van der Waals surface area contributed by atoms with E-state index in [1.165, 1.54) is 0 Å². The number of para-hydroxylation sites is 4. The third-order valence-corrected chi connectivity index (χ3v) is 9.67. The van der Waals surface area contributed by atoms with Crippen LogP contribution in [0, 0.1) is 0 Å². The summed E-state index contributed by atoms with van der Waals surface area (Å²) in [5.41, 5.74) is 11.2. The van der Waals surface area contributed by atoms with E-state index >= 15 is 0 Å². The first-order valence-electron chi connectivity index (χ1n) is 16.6. The first-order chi connectivity index (χ1) is 24.3. The largest absolute Gasteiger partial charge is 0.456 e. The number of benzene rings is 8. The molecule has 10 aromatic rings. The van der Waals surface area contributed by atoms with Gasteiger partial charge in [-0.25, -0.2) is 0 Å². The second kappa shape index (κ2) is 11.0. The lowest BCUT2D eigenvalue weighted by molar-refractivity contribution is 0.669. The van der Waals surface area contributed by atoms with E-state index in [0.29, 0.717) is 0 Å². The van der Waals surface area contributed by atoms with Crippen LogP contribution in [0.25, 0.3) is 76.9 Å². The molecular formula is C46H29NO2. The second-order valence-electron chi connectivity index (χ2n) is 12.5. The molecule has 0 aliphatic rings. The Kier molecular flexibility index (Phi) is 6.18. The highest BCUT2D eigenvalue weighted by Gasteiger charge is 2.22. The summed E-state index contributed by atoms with van der Waals surface area (Å²) in [6.45, 7) is 0. The summed E-state index contributed by atoms with van der Waals surface area (Å²) in [6.07, 6.45) is 0. The van der Waals surface area contributed by atoms with Crippen molar-refractivity contribution in [3.8, 4) is 22.3 Å². The van der Waals surface area contributed by atoms with Gasteiger partial charge in [-0.05, 0) is 46.8 Å². The van der Waals surface area contributed by atoms with Gasteiger partial charge in [0.1, 0.15) is 22.3 Å². The average molecular weight is 628 g/mol. The Bertz CT molecular complexity index is 2830. The fraction of sp³-hybridized carbons (Fsp3) is 0. The number of rotatable bonds is 5. The van der Waals surface area contributed by atoms with Gasteiger partial charge in [-0.15, -0.1) is 0 Å². The third-order valence-electron chi connectivity index (χ3n) is 9.67. The zero-order chi connectivity index (χ0) is 32.3. The van der Waals surface area contributed by atoms with Crippen LogP contribution in [-0.4, -0.2) is 0 Å². The van der Waals surface area contributed by atoms with Crippen LogP contribution in [0.15, 0.2) is 185 Å². The van der Waals surface area contributed by atoms with Gasteiger partial charge in [0.25, 0.3) is 0 Å². The summed E-state index contributed by atoms with van der Waals surface area (Å²) < 4.78 is 13.0. The van der Waals surface area contributed by atoms with Crippen molar-refractivity contribution in [2.24, 2.45) is 0 Å². The van der Waals surface area contributed by atoms with Gasteiger partial charge in [0.2, 0.25) is 0 Å². The fourth-order valence-electron chi connectivity index (χ4n) is 7.46. The van der Waals surface area contributed by atoms with Gasteiger partial charge in [-0.1, -0.05) is 140 Å². The molecule has 3 heteroatoms. The van der Waals surface area contributed by atoms with E-state index in [1.54, 1.807) is 0 Å². The summed E-state index contributed by atoms with van der Waals surface area (Å²) in [4.78, 5) is 2.38. The van der Waals surface area contributed by atoms with Crippen LogP contribution in [0.2, 0.25) is 0 Å². The van der Waals surface area contributed by atoms with Crippen molar-refractivity contribution in [3.05, 3.63) is 176 Å². The topological polar surface area (TPSA) is 29.5 Å². The van der Waals surface area contributed by atoms with Crippen LogP contribution in [0.3, 0.4) is 0 Å². The molecule has 2 heterocycles. The lowest BCUT2D eigenvalue weighted by atomic mass is 9.98. The number of nitrogens with zero attached hydrogens (tertiary/aromatic N) is 1. The van der Waals surface area contributed by atoms with Crippen LogP contribution < -0.4 is 4.90 Å². The minimum absolute atomic E-state index is 0.866. The van der Waals surface area contributed by atoms with Gasteiger partial charge in [-0.3, -0.25) is 0 Å². The number of fused-ring (bicyclic) bond motifs is 8. The number of anilines is 3. The molecule has 49 heavy (non-hydrogen) atoms. The molecule has 0 spiro atoms. The van der Waals surface area contributed by atoms with Crippen molar-refractivity contribution in [3.63, 3.8) is 0 Å². The maximum Gasteiger partial charge on any atom is 0.143 e. The molecule has 230 valence electrons. The normalized spacial score (nSPS) is 11.7. The summed E-state index contributed by atoms with van der Waals surface area (Å²) >= 11 is 0. The Balaban J connectivity index is 1.22. The molecule has 0 aliphatic heterocycles. The standard InChI is InChI=1S/C46H29NO2/c1-2-13-30(14-3-1)33-15-6-9-22-40(33)47(41-29-44-45(37-18-5-4-16-35(37)41)39-19-8-11-24-43(39)48-44)32-27-25-31(26-28-32)34-20-12-21-38-36-17-7-10-23-42(36)49-46(34)38/h1-29H. The predicted molar refractivity (Wildman–Crippen MR) is 204 cm³/mol. The van der Waals surface area contributed by atoms with Crippen molar-refractivity contribution in [1.29, 1.82) is 0 Å². The lowest BCUT2D eigenvalue weighted by Crippen LogP contribution is -2.12. The Labute approximate surface area is 282 Å². The van der Waals surface area contributed by atoms with Crippen LogP contribution >= 0.6 is 0 Å². The molecular weight excluding hydrogens is 599 g/mol. The Morgan fingerprint density at radius 3 is 1.76 bits per heavy atom. The Morgan fingerprint density at radius 2 is 0.939 bits per heavy atom.